The van der Waals surface area contributed by atoms with Gasteiger partial charge in [0, 0.05) is 0 Å². The molecule has 0 saturated heterocycles. The zero-order valence-corrected chi connectivity index (χ0v) is 14.1. The molecule has 2 aliphatic carbocycles. The monoisotopic (exact) mass is 296 g/mol. The van der Waals surface area contributed by atoms with Gasteiger partial charge in [0.25, 0.3) is 0 Å². The maximum Gasteiger partial charge on any atom is -0.0131 e. The zero-order chi connectivity index (χ0) is 15.0. The Labute approximate surface area is 137 Å². The smallest absolute Gasteiger partial charge is 0.0131 e. The Bertz CT molecular complexity index is 448. The van der Waals surface area contributed by atoms with Gasteiger partial charge in [-0.05, 0) is 55.1 Å². The third-order valence-electron chi connectivity index (χ3n) is 5.81. The number of hydrogen-bond donors (Lipinski definition) is 0. The molecule has 1 aromatic carbocycles. The van der Waals surface area contributed by atoms with Gasteiger partial charge >= 0.3 is 0 Å². The molecule has 1 atom stereocenters. The molecular weight excluding hydrogens is 264 g/mol. The van der Waals surface area contributed by atoms with Crippen LogP contribution in [0.4, 0.5) is 0 Å². The maximum atomic E-state index is 2.60. The fraction of sp³-hybridized carbons (Fsp3) is 0.636. The van der Waals surface area contributed by atoms with Gasteiger partial charge < -0.3 is 0 Å². The summed E-state index contributed by atoms with van der Waals surface area (Å²) in [7, 11) is 0. The van der Waals surface area contributed by atoms with Crippen molar-refractivity contribution < 1.29 is 0 Å². The summed E-state index contributed by atoms with van der Waals surface area (Å²) in [6, 6.07) is 11.2. The van der Waals surface area contributed by atoms with Gasteiger partial charge in [0.1, 0.15) is 0 Å². The van der Waals surface area contributed by atoms with Gasteiger partial charge in [0.15, 0.2) is 0 Å². The molecule has 1 fully saturated rings. The van der Waals surface area contributed by atoms with Crippen LogP contribution < -0.4 is 0 Å². The van der Waals surface area contributed by atoms with E-state index in [1.165, 1.54) is 82.6 Å². The van der Waals surface area contributed by atoms with Gasteiger partial charge in [-0.15, -0.1) is 0 Å². The highest BCUT2D eigenvalue weighted by atomic mass is 14.3. The summed E-state index contributed by atoms with van der Waals surface area (Å²) >= 11 is 0. The van der Waals surface area contributed by atoms with Crippen LogP contribution in [0.5, 0.6) is 0 Å². The van der Waals surface area contributed by atoms with Crippen molar-refractivity contribution in [1.29, 1.82) is 0 Å². The molecule has 1 saturated carbocycles. The van der Waals surface area contributed by atoms with E-state index in [0.29, 0.717) is 0 Å². The number of rotatable bonds is 2. The summed E-state index contributed by atoms with van der Waals surface area (Å²) in [6.07, 6.45) is 19.8. The van der Waals surface area contributed by atoms with Gasteiger partial charge in [0.05, 0.1) is 0 Å². The first kappa shape index (κ1) is 15.8. The van der Waals surface area contributed by atoms with Crippen LogP contribution in [-0.4, -0.2) is 0 Å². The summed E-state index contributed by atoms with van der Waals surface area (Å²) in [6.45, 7) is 0. The van der Waals surface area contributed by atoms with Crippen molar-refractivity contribution in [3.05, 3.63) is 42.0 Å². The predicted octanol–water partition coefficient (Wildman–Crippen LogP) is 7.01. The van der Waals surface area contributed by atoms with E-state index in [1.54, 1.807) is 5.57 Å². The van der Waals surface area contributed by atoms with Crippen molar-refractivity contribution in [2.45, 2.75) is 77.0 Å². The van der Waals surface area contributed by atoms with Crippen molar-refractivity contribution in [2.75, 3.05) is 0 Å². The zero-order valence-electron chi connectivity index (χ0n) is 14.1. The maximum absolute atomic E-state index is 2.60. The lowest BCUT2D eigenvalue weighted by molar-refractivity contribution is 0.293. The number of allylic oxidation sites excluding steroid dienone is 2. The second-order valence-corrected chi connectivity index (χ2v) is 7.38. The summed E-state index contributed by atoms with van der Waals surface area (Å²) in [5, 5.41) is 0. The SMILES string of the molecule is C1=C(c2ccccc2)C(C2CCCCCCC2)CCCCC1. The Morgan fingerprint density at radius 2 is 1.27 bits per heavy atom. The minimum absolute atomic E-state index is 0.820. The highest BCUT2D eigenvalue weighted by molar-refractivity contribution is 5.67. The van der Waals surface area contributed by atoms with E-state index in [1.807, 2.05) is 0 Å². The summed E-state index contributed by atoms with van der Waals surface area (Å²) in [4.78, 5) is 0. The van der Waals surface area contributed by atoms with E-state index >= 15 is 0 Å². The van der Waals surface area contributed by atoms with E-state index in [2.05, 4.69) is 36.4 Å². The van der Waals surface area contributed by atoms with Crippen LogP contribution in [0.2, 0.25) is 0 Å². The third kappa shape index (κ3) is 4.24. The standard InChI is InChI=1S/C22H32/c1-2-7-13-19(14-8-3-1)21-17-11-4-5-12-18-22(21)20-15-9-6-10-16-20/h6,9-10,15-16,18-19,21H,1-5,7-8,11-14,17H2. The molecule has 1 unspecified atom stereocenters. The van der Waals surface area contributed by atoms with Gasteiger partial charge in [-0.2, -0.15) is 0 Å². The average molecular weight is 296 g/mol. The van der Waals surface area contributed by atoms with Crippen LogP contribution in [-0.2, 0) is 0 Å². The highest BCUT2D eigenvalue weighted by Crippen LogP contribution is 2.41. The molecule has 22 heavy (non-hydrogen) atoms. The van der Waals surface area contributed by atoms with Crippen molar-refractivity contribution in [3.63, 3.8) is 0 Å². The summed E-state index contributed by atoms with van der Waals surface area (Å²) in [5.41, 5.74) is 3.18. The van der Waals surface area contributed by atoms with Gasteiger partial charge in [-0.25, -0.2) is 0 Å². The molecule has 0 bridgehead atoms. The first-order chi connectivity index (χ1) is 10.9. The van der Waals surface area contributed by atoms with Crippen LogP contribution in [0, 0.1) is 11.8 Å². The number of hydrogen-bond acceptors (Lipinski definition) is 0. The van der Waals surface area contributed by atoms with Crippen molar-refractivity contribution in [2.24, 2.45) is 11.8 Å². The molecule has 0 aliphatic heterocycles. The fourth-order valence-corrected chi connectivity index (χ4v) is 4.59. The fourth-order valence-electron chi connectivity index (χ4n) is 4.59. The molecule has 0 radical (unpaired) electrons. The molecule has 0 amide bonds. The average Bonchev–Trinajstić information content (AvgIpc) is 2.49. The lowest BCUT2D eigenvalue weighted by Gasteiger charge is -2.32. The molecule has 0 nitrogen and oxygen atoms in total. The van der Waals surface area contributed by atoms with E-state index in [0.717, 1.165) is 11.8 Å². The Kier molecular flexibility index (Phi) is 6.16. The van der Waals surface area contributed by atoms with Crippen molar-refractivity contribution in [1.82, 2.24) is 0 Å². The Morgan fingerprint density at radius 1 is 0.636 bits per heavy atom. The minimum atomic E-state index is 0.820. The van der Waals surface area contributed by atoms with Crippen molar-refractivity contribution in [3.8, 4) is 0 Å². The third-order valence-corrected chi connectivity index (χ3v) is 5.81. The van der Waals surface area contributed by atoms with Gasteiger partial charge in [-0.3, -0.25) is 0 Å². The lowest BCUT2D eigenvalue weighted by atomic mass is 9.73. The minimum Gasteiger partial charge on any atom is -0.0804 e. The van der Waals surface area contributed by atoms with E-state index in [9.17, 15) is 0 Å². The molecule has 1 aromatic rings. The van der Waals surface area contributed by atoms with Gasteiger partial charge in [-0.1, -0.05) is 81.4 Å². The van der Waals surface area contributed by atoms with Crippen LogP contribution in [0.3, 0.4) is 0 Å². The molecule has 0 spiro atoms. The normalized spacial score (nSPS) is 25.5. The lowest BCUT2D eigenvalue weighted by Crippen LogP contribution is -2.19. The molecule has 0 N–H and O–H groups in total. The second kappa shape index (κ2) is 8.56. The van der Waals surface area contributed by atoms with E-state index < -0.39 is 0 Å². The van der Waals surface area contributed by atoms with E-state index in [4.69, 9.17) is 0 Å². The second-order valence-electron chi connectivity index (χ2n) is 7.38. The van der Waals surface area contributed by atoms with E-state index in [-0.39, 0.29) is 0 Å². The molecule has 0 aromatic heterocycles. The quantitative estimate of drug-likeness (QED) is 0.550. The Morgan fingerprint density at radius 3 is 2.05 bits per heavy atom. The van der Waals surface area contributed by atoms with Crippen LogP contribution in [0.25, 0.3) is 5.57 Å². The molecule has 3 rings (SSSR count). The van der Waals surface area contributed by atoms with Crippen LogP contribution >= 0.6 is 0 Å². The Hall–Kier alpha value is -1.04. The summed E-state index contributed by atoms with van der Waals surface area (Å²) in [5.74, 6) is 1.76. The largest absolute Gasteiger partial charge is 0.0804 e. The molecule has 0 heteroatoms. The Balaban J connectivity index is 1.84. The highest BCUT2D eigenvalue weighted by Gasteiger charge is 2.26. The molecule has 120 valence electrons. The molecule has 0 heterocycles. The van der Waals surface area contributed by atoms with Gasteiger partial charge in [0.2, 0.25) is 0 Å². The van der Waals surface area contributed by atoms with Crippen molar-refractivity contribution >= 4 is 5.57 Å². The molecular formula is C22H32. The molecule has 2 aliphatic rings. The topological polar surface area (TPSA) is 0 Å². The number of benzene rings is 1. The van der Waals surface area contributed by atoms with Crippen LogP contribution in [0.15, 0.2) is 36.4 Å². The summed E-state index contributed by atoms with van der Waals surface area (Å²) < 4.78 is 0. The predicted molar refractivity (Wildman–Crippen MR) is 96.8 cm³/mol. The first-order valence-electron chi connectivity index (χ1n) is 9.70. The van der Waals surface area contributed by atoms with Crippen LogP contribution in [0.1, 0.15) is 82.6 Å². The first-order valence-corrected chi connectivity index (χ1v) is 9.70.